The average molecular weight is 208 g/mol. The number of nitrogens with two attached hydrogens (primary N) is 2. The lowest BCUT2D eigenvalue weighted by Gasteiger charge is -2.12. The van der Waals surface area contributed by atoms with Crippen LogP contribution >= 0.6 is 0 Å². The molecule has 0 bridgehead atoms. The molecule has 1 aromatic rings. The first-order valence-electron chi connectivity index (χ1n) is 4.84. The Balaban J connectivity index is 2.69. The monoisotopic (exact) mass is 208 g/mol. The van der Waals surface area contributed by atoms with Gasteiger partial charge >= 0.3 is 5.97 Å². The van der Waals surface area contributed by atoms with Crippen LogP contribution in [0.1, 0.15) is 30.0 Å². The molecule has 0 amide bonds. The summed E-state index contributed by atoms with van der Waals surface area (Å²) in [4.78, 5) is 10.4. The minimum atomic E-state index is -0.828. The van der Waals surface area contributed by atoms with E-state index in [1.54, 1.807) is 0 Å². The molecule has 0 saturated carbocycles. The van der Waals surface area contributed by atoms with Crippen LogP contribution in [0.5, 0.6) is 0 Å². The van der Waals surface area contributed by atoms with E-state index in [0.717, 1.165) is 11.1 Å². The maximum absolute atomic E-state index is 10.4. The number of carboxylic acids is 1. The van der Waals surface area contributed by atoms with Crippen molar-refractivity contribution in [2.24, 2.45) is 5.73 Å². The van der Waals surface area contributed by atoms with E-state index in [-0.39, 0.29) is 12.5 Å². The van der Waals surface area contributed by atoms with Crippen LogP contribution in [0.2, 0.25) is 0 Å². The molecule has 0 heterocycles. The van der Waals surface area contributed by atoms with Crippen molar-refractivity contribution in [3.05, 3.63) is 29.3 Å². The van der Waals surface area contributed by atoms with Crippen LogP contribution in [0.3, 0.4) is 0 Å². The summed E-state index contributed by atoms with van der Waals surface area (Å²) in [5.41, 5.74) is 14.2. The molecule has 1 unspecified atom stereocenters. The highest BCUT2D eigenvalue weighted by molar-refractivity contribution is 5.66. The number of hydrogen-bond acceptors (Lipinski definition) is 3. The Morgan fingerprint density at radius 2 is 2.20 bits per heavy atom. The van der Waals surface area contributed by atoms with E-state index in [4.69, 9.17) is 16.6 Å². The van der Waals surface area contributed by atoms with E-state index in [0.29, 0.717) is 12.1 Å². The molecule has 0 aliphatic heterocycles. The van der Waals surface area contributed by atoms with Crippen LogP contribution in [0.25, 0.3) is 0 Å². The fraction of sp³-hybridized carbons (Fsp3) is 0.364. The van der Waals surface area contributed by atoms with Crippen molar-refractivity contribution in [3.63, 3.8) is 0 Å². The Morgan fingerprint density at radius 3 is 2.73 bits per heavy atom. The van der Waals surface area contributed by atoms with Crippen molar-refractivity contribution in [2.45, 2.75) is 25.8 Å². The zero-order valence-electron chi connectivity index (χ0n) is 8.73. The highest BCUT2D eigenvalue weighted by atomic mass is 16.4. The first kappa shape index (κ1) is 11.5. The van der Waals surface area contributed by atoms with Crippen molar-refractivity contribution < 1.29 is 9.90 Å². The maximum Gasteiger partial charge on any atom is 0.303 e. The molecule has 4 heteroatoms. The number of carboxylic acid groups (broad SMARTS) is 1. The molecule has 0 aliphatic rings. The van der Waals surface area contributed by atoms with E-state index < -0.39 is 5.97 Å². The van der Waals surface area contributed by atoms with Crippen molar-refractivity contribution in [1.29, 1.82) is 0 Å². The molecule has 0 radical (unpaired) electrons. The zero-order valence-corrected chi connectivity index (χ0v) is 8.73. The fourth-order valence-electron chi connectivity index (χ4n) is 1.34. The molecule has 1 aromatic carbocycles. The van der Waals surface area contributed by atoms with Gasteiger partial charge in [-0.15, -0.1) is 0 Å². The molecule has 4 nitrogen and oxygen atoms in total. The average Bonchev–Trinajstić information content (AvgIpc) is 2.18. The van der Waals surface area contributed by atoms with Gasteiger partial charge in [-0.25, -0.2) is 0 Å². The Morgan fingerprint density at radius 1 is 1.53 bits per heavy atom. The second-order valence-corrected chi connectivity index (χ2v) is 3.65. The summed E-state index contributed by atoms with van der Waals surface area (Å²) in [7, 11) is 0. The van der Waals surface area contributed by atoms with E-state index in [1.807, 2.05) is 25.1 Å². The van der Waals surface area contributed by atoms with Gasteiger partial charge in [-0.3, -0.25) is 4.79 Å². The summed E-state index contributed by atoms with van der Waals surface area (Å²) in [5, 5.41) is 8.53. The summed E-state index contributed by atoms with van der Waals surface area (Å²) in [6, 6.07) is 5.33. The molecule has 0 saturated heterocycles. The summed E-state index contributed by atoms with van der Waals surface area (Å²) < 4.78 is 0. The number of carbonyl (C=O) groups is 1. The molecule has 0 spiro atoms. The van der Waals surface area contributed by atoms with E-state index >= 15 is 0 Å². The fourth-order valence-corrected chi connectivity index (χ4v) is 1.34. The maximum atomic E-state index is 10.4. The van der Waals surface area contributed by atoms with Gasteiger partial charge in [-0.05, 0) is 30.5 Å². The number of hydrogen-bond donors (Lipinski definition) is 3. The molecule has 15 heavy (non-hydrogen) atoms. The lowest BCUT2D eigenvalue weighted by atomic mass is 10.0. The topological polar surface area (TPSA) is 89.3 Å². The highest BCUT2D eigenvalue weighted by Crippen LogP contribution is 2.20. The first-order chi connectivity index (χ1) is 7.00. The van der Waals surface area contributed by atoms with E-state index in [2.05, 4.69) is 0 Å². The predicted octanol–water partition coefficient (Wildman–Crippen LogP) is 1.44. The molecule has 1 rings (SSSR count). The highest BCUT2D eigenvalue weighted by Gasteiger charge is 2.09. The van der Waals surface area contributed by atoms with E-state index in [9.17, 15) is 4.79 Å². The number of benzene rings is 1. The molecule has 0 fully saturated rings. The van der Waals surface area contributed by atoms with Gasteiger partial charge in [-0.2, -0.15) is 0 Å². The lowest BCUT2D eigenvalue weighted by Crippen LogP contribution is -2.12. The predicted molar refractivity (Wildman–Crippen MR) is 59.4 cm³/mol. The zero-order chi connectivity index (χ0) is 11.4. The summed E-state index contributed by atoms with van der Waals surface area (Å²) in [6.45, 7) is 1.92. The molecule has 1 atom stereocenters. The third-order valence-corrected chi connectivity index (χ3v) is 2.40. The van der Waals surface area contributed by atoms with Gasteiger partial charge in [0.05, 0.1) is 0 Å². The largest absolute Gasteiger partial charge is 0.481 e. The number of nitrogen functional groups attached to an aromatic ring is 1. The van der Waals surface area contributed by atoms with Gasteiger partial charge in [0, 0.05) is 18.2 Å². The summed E-state index contributed by atoms with van der Waals surface area (Å²) >= 11 is 0. The van der Waals surface area contributed by atoms with Crippen LogP contribution < -0.4 is 11.5 Å². The first-order valence-corrected chi connectivity index (χ1v) is 4.84. The van der Waals surface area contributed by atoms with Crippen molar-refractivity contribution >= 4 is 11.7 Å². The van der Waals surface area contributed by atoms with Crippen molar-refractivity contribution in [1.82, 2.24) is 0 Å². The molecule has 0 aliphatic carbocycles. The number of aliphatic carboxylic acids is 1. The molecule has 5 N–H and O–H groups in total. The molecule has 0 aromatic heterocycles. The molecular formula is C11H16N2O2. The second kappa shape index (κ2) is 4.79. The van der Waals surface area contributed by atoms with Gasteiger partial charge < -0.3 is 16.6 Å². The van der Waals surface area contributed by atoms with Gasteiger partial charge in [0.1, 0.15) is 0 Å². The van der Waals surface area contributed by atoms with Gasteiger partial charge in [0.25, 0.3) is 0 Å². The smallest absolute Gasteiger partial charge is 0.303 e. The lowest BCUT2D eigenvalue weighted by molar-refractivity contribution is -0.137. The minimum Gasteiger partial charge on any atom is -0.481 e. The van der Waals surface area contributed by atoms with Gasteiger partial charge in [0.15, 0.2) is 0 Å². The van der Waals surface area contributed by atoms with Crippen LogP contribution in [0, 0.1) is 6.92 Å². The molecular weight excluding hydrogens is 192 g/mol. The summed E-state index contributed by atoms with van der Waals surface area (Å²) in [5.74, 6) is -0.828. The van der Waals surface area contributed by atoms with Crippen LogP contribution in [0.4, 0.5) is 5.69 Å². The second-order valence-electron chi connectivity index (χ2n) is 3.65. The van der Waals surface area contributed by atoms with Gasteiger partial charge in [0.2, 0.25) is 0 Å². The van der Waals surface area contributed by atoms with E-state index in [1.165, 1.54) is 0 Å². The third-order valence-electron chi connectivity index (χ3n) is 2.40. The Bertz CT molecular complexity index is 364. The standard InChI is InChI=1S/C11H16N2O2/c1-7-2-3-8(6-10(7)13)9(12)4-5-11(14)15/h2-3,6,9H,4-5,12-13H2,1H3,(H,14,15). The number of anilines is 1. The number of aryl methyl sites for hydroxylation is 1. The Labute approximate surface area is 88.9 Å². The Kier molecular flexibility index (Phi) is 3.68. The van der Waals surface area contributed by atoms with Crippen LogP contribution in [-0.4, -0.2) is 11.1 Å². The van der Waals surface area contributed by atoms with Crippen LogP contribution in [0.15, 0.2) is 18.2 Å². The Hall–Kier alpha value is -1.55. The minimum absolute atomic E-state index is 0.0783. The van der Waals surface area contributed by atoms with Crippen molar-refractivity contribution in [2.75, 3.05) is 5.73 Å². The van der Waals surface area contributed by atoms with Crippen LogP contribution in [-0.2, 0) is 4.79 Å². The van der Waals surface area contributed by atoms with Gasteiger partial charge in [-0.1, -0.05) is 12.1 Å². The summed E-state index contributed by atoms with van der Waals surface area (Å²) in [6.07, 6.45) is 0.507. The SMILES string of the molecule is Cc1ccc(C(N)CCC(=O)O)cc1N. The third kappa shape index (κ3) is 3.25. The number of rotatable bonds is 4. The normalized spacial score (nSPS) is 12.4. The molecule has 82 valence electrons. The van der Waals surface area contributed by atoms with Crippen molar-refractivity contribution in [3.8, 4) is 0 Å². The quantitative estimate of drug-likeness (QED) is 0.653.